The van der Waals surface area contributed by atoms with Crippen molar-refractivity contribution >= 4 is 6.21 Å². The van der Waals surface area contributed by atoms with Gasteiger partial charge in [0.2, 0.25) is 6.54 Å². The van der Waals surface area contributed by atoms with Crippen molar-refractivity contribution < 1.29 is 31.8 Å². The monoisotopic (exact) mass is 278 g/mol. The lowest BCUT2D eigenvalue weighted by Crippen LogP contribution is -3.00. The zero-order chi connectivity index (χ0) is 12.7. The van der Waals surface area contributed by atoms with Gasteiger partial charge >= 0.3 is 5.82 Å². The van der Waals surface area contributed by atoms with Gasteiger partial charge in [-0.2, -0.15) is 0 Å². The van der Waals surface area contributed by atoms with E-state index in [9.17, 15) is 10.1 Å². The molecule has 1 aromatic heterocycles. The quantitative estimate of drug-likeness (QED) is 0.142. The van der Waals surface area contributed by atoms with Crippen molar-refractivity contribution in [2.24, 2.45) is 12.2 Å². The van der Waals surface area contributed by atoms with E-state index in [0.29, 0.717) is 18.9 Å². The van der Waals surface area contributed by atoms with Gasteiger partial charge in [0.1, 0.15) is 12.4 Å². The molecule has 0 amide bonds. The Bertz CT molecular complexity index is 407. The van der Waals surface area contributed by atoms with E-state index in [-0.39, 0.29) is 30.6 Å². The Morgan fingerprint density at radius 2 is 2.44 bits per heavy atom. The molecule has 0 unspecified atom stereocenters. The second-order valence-corrected chi connectivity index (χ2v) is 3.43. The minimum absolute atomic E-state index is 0. The van der Waals surface area contributed by atoms with E-state index >= 15 is 0 Å². The molecule has 1 N–H and O–H groups in total. The molecule has 18 heavy (non-hydrogen) atoms. The first kappa shape index (κ1) is 16.3. The molecule has 0 aliphatic rings. The maximum atomic E-state index is 10.1. The van der Waals surface area contributed by atoms with Gasteiger partial charge in [0.25, 0.3) is 0 Å². The fraction of sp³-hybridized carbons (Fsp3) is 0.556. The van der Waals surface area contributed by atoms with E-state index < -0.39 is 0 Å². The summed E-state index contributed by atoms with van der Waals surface area (Å²) in [7, 11) is 1.81. The Morgan fingerprint density at radius 3 is 3.06 bits per heavy atom. The Labute approximate surface area is 110 Å². The molecule has 0 aromatic carbocycles. The van der Waals surface area contributed by atoms with Crippen LogP contribution in [0.1, 0.15) is 12.2 Å². The summed E-state index contributed by atoms with van der Waals surface area (Å²) >= 11 is 0. The number of halogens is 1. The van der Waals surface area contributed by atoms with Gasteiger partial charge in [-0.3, -0.25) is 10.1 Å². The third-order valence-corrected chi connectivity index (χ3v) is 2.16. The molecule has 8 nitrogen and oxygen atoms in total. The number of imidazole rings is 1. The van der Waals surface area contributed by atoms with Crippen molar-refractivity contribution in [3.63, 3.8) is 0 Å². The van der Waals surface area contributed by atoms with Gasteiger partial charge in [0.05, 0.1) is 13.7 Å². The summed E-state index contributed by atoms with van der Waals surface area (Å²) in [6, 6.07) is 0. The lowest BCUT2D eigenvalue weighted by Gasteiger charge is -2.00. The highest BCUT2D eigenvalue weighted by Crippen LogP contribution is 1.94. The van der Waals surface area contributed by atoms with Gasteiger partial charge in [-0.05, 0) is 0 Å². The van der Waals surface area contributed by atoms with Gasteiger partial charge in [-0.25, -0.2) is 9.13 Å². The van der Waals surface area contributed by atoms with Crippen molar-refractivity contribution in [3.8, 4) is 0 Å². The van der Waals surface area contributed by atoms with Crippen molar-refractivity contribution in [1.82, 2.24) is 4.57 Å². The number of oxime groups is 1. The number of aromatic nitrogens is 2. The molecule has 0 saturated carbocycles. The molecule has 0 bridgehead atoms. The average Bonchev–Trinajstić information content (AvgIpc) is 2.61. The first-order chi connectivity index (χ1) is 8.15. The van der Waals surface area contributed by atoms with Gasteiger partial charge in [0.15, 0.2) is 12.9 Å². The van der Waals surface area contributed by atoms with E-state index in [1.54, 1.807) is 28.6 Å². The van der Waals surface area contributed by atoms with Crippen LogP contribution in [0.5, 0.6) is 0 Å². The van der Waals surface area contributed by atoms with Crippen LogP contribution in [-0.2, 0) is 18.5 Å². The Balaban J connectivity index is 0.00000289. The molecule has 0 saturated heterocycles. The smallest absolute Gasteiger partial charge is 0.305 e. The van der Waals surface area contributed by atoms with E-state index in [2.05, 4.69) is 5.16 Å². The molecule has 0 atom stereocenters. The number of rotatable bonds is 7. The van der Waals surface area contributed by atoms with Gasteiger partial charge in [0, 0.05) is 11.3 Å². The summed E-state index contributed by atoms with van der Waals surface area (Å²) in [6.07, 6.45) is 5.23. The first-order valence-corrected chi connectivity index (χ1v) is 5.07. The SMILES string of the molecule is C[n+]1ccn(COCCC[N+](=O)[O-])c1/C=N/O.[Cl-]. The Kier molecular flexibility index (Phi) is 7.64. The Hall–Kier alpha value is -1.67. The van der Waals surface area contributed by atoms with E-state index in [4.69, 9.17) is 9.94 Å². The van der Waals surface area contributed by atoms with Crippen LogP contribution in [0.25, 0.3) is 0 Å². The molecule has 1 aromatic rings. The van der Waals surface area contributed by atoms with Crippen LogP contribution in [0, 0.1) is 10.1 Å². The van der Waals surface area contributed by atoms with Gasteiger partial charge in [-0.15, -0.1) is 0 Å². The largest absolute Gasteiger partial charge is 1.00 e. The lowest BCUT2D eigenvalue weighted by molar-refractivity contribution is -0.672. The summed E-state index contributed by atoms with van der Waals surface area (Å²) < 4.78 is 8.76. The summed E-state index contributed by atoms with van der Waals surface area (Å²) in [5.41, 5.74) is 0. The van der Waals surface area contributed by atoms with Crippen LogP contribution in [0.4, 0.5) is 0 Å². The minimum atomic E-state index is -0.372. The Morgan fingerprint density at radius 1 is 1.72 bits per heavy atom. The molecule has 0 aliphatic carbocycles. The predicted octanol–water partition coefficient (Wildman–Crippen LogP) is -3.23. The zero-order valence-corrected chi connectivity index (χ0v) is 10.7. The van der Waals surface area contributed by atoms with Crippen molar-refractivity contribution in [3.05, 3.63) is 28.3 Å². The lowest BCUT2D eigenvalue weighted by atomic mass is 10.5. The molecule has 0 radical (unpaired) electrons. The third-order valence-electron chi connectivity index (χ3n) is 2.16. The van der Waals surface area contributed by atoms with Gasteiger partial charge in [-0.1, -0.05) is 5.16 Å². The fourth-order valence-electron chi connectivity index (χ4n) is 1.32. The summed E-state index contributed by atoms with van der Waals surface area (Å²) in [6.45, 7) is 0.489. The van der Waals surface area contributed by atoms with Crippen molar-refractivity contribution in [1.29, 1.82) is 0 Å². The predicted molar refractivity (Wildman–Crippen MR) is 57.4 cm³/mol. The first-order valence-electron chi connectivity index (χ1n) is 5.07. The number of aryl methyl sites for hydroxylation is 1. The van der Waals surface area contributed by atoms with Crippen LogP contribution in [0.2, 0.25) is 0 Å². The van der Waals surface area contributed by atoms with E-state index in [1.165, 1.54) is 6.21 Å². The maximum Gasteiger partial charge on any atom is 0.305 e. The van der Waals surface area contributed by atoms with Gasteiger partial charge < -0.3 is 22.4 Å². The molecule has 0 aliphatic heterocycles. The summed E-state index contributed by atoms with van der Waals surface area (Å²) in [5.74, 6) is 0.668. The van der Waals surface area contributed by atoms with Crippen LogP contribution in [0.15, 0.2) is 17.5 Å². The van der Waals surface area contributed by atoms with Crippen molar-refractivity contribution in [2.75, 3.05) is 13.2 Å². The molecule has 102 valence electrons. The maximum absolute atomic E-state index is 10.1. The standard InChI is InChI=1S/C9H14N4O4.ClH/c1-11-4-5-12(9(11)7-10-14)8-17-6-2-3-13(15)16;/h4-5,7H,2-3,6,8H2,1H3;1H. The van der Waals surface area contributed by atoms with Crippen LogP contribution < -0.4 is 17.0 Å². The van der Waals surface area contributed by atoms with Crippen LogP contribution >= 0.6 is 0 Å². The number of nitro groups is 1. The van der Waals surface area contributed by atoms with Crippen LogP contribution in [-0.4, -0.2) is 34.1 Å². The normalized spacial score (nSPS) is 10.5. The number of hydrogen-bond acceptors (Lipinski definition) is 5. The fourth-order valence-corrected chi connectivity index (χ4v) is 1.32. The highest BCUT2D eigenvalue weighted by Gasteiger charge is 2.12. The zero-order valence-electron chi connectivity index (χ0n) is 9.90. The average molecular weight is 279 g/mol. The molecule has 1 rings (SSSR count). The van der Waals surface area contributed by atoms with Crippen LogP contribution in [0.3, 0.4) is 0 Å². The highest BCUT2D eigenvalue weighted by atomic mass is 35.5. The molecule has 0 fully saturated rings. The topological polar surface area (TPSA) is 93.8 Å². The summed E-state index contributed by atoms with van der Waals surface area (Å²) in [4.78, 5) is 9.70. The molecule has 9 heteroatoms. The molecular formula is C9H15ClN4O4. The number of ether oxygens (including phenoxy) is 1. The summed E-state index contributed by atoms with van der Waals surface area (Å²) in [5, 5.41) is 21.5. The molecule has 1 heterocycles. The highest BCUT2D eigenvalue weighted by molar-refractivity contribution is 5.72. The molecular weight excluding hydrogens is 264 g/mol. The number of nitrogens with zero attached hydrogens (tertiary/aromatic N) is 4. The second-order valence-electron chi connectivity index (χ2n) is 3.43. The second kappa shape index (κ2) is 8.43. The van der Waals surface area contributed by atoms with E-state index in [1.807, 2.05) is 0 Å². The minimum Gasteiger partial charge on any atom is -1.00 e. The van der Waals surface area contributed by atoms with E-state index in [0.717, 1.165) is 0 Å². The van der Waals surface area contributed by atoms with Crippen molar-refractivity contribution in [2.45, 2.75) is 13.2 Å². The third kappa shape index (κ3) is 5.11. The molecule has 0 spiro atoms. The number of hydrogen-bond donors (Lipinski definition) is 1.